The Morgan fingerprint density at radius 3 is 2.86 bits per heavy atom. The van der Waals surface area contributed by atoms with Gasteiger partial charge in [0, 0.05) is 12.1 Å². The molecule has 0 saturated heterocycles. The van der Waals surface area contributed by atoms with Gasteiger partial charge < -0.3 is 15.1 Å². The van der Waals surface area contributed by atoms with Crippen LogP contribution in [0.2, 0.25) is 5.02 Å². The van der Waals surface area contributed by atoms with E-state index in [1.807, 2.05) is 13.0 Å². The summed E-state index contributed by atoms with van der Waals surface area (Å²) in [4.78, 5) is 10.3. The molecule has 1 aromatic carbocycles. The summed E-state index contributed by atoms with van der Waals surface area (Å²) in [5.74, 6) is 0.726. The quantitative estimate of drug-likeness (QED) is 0.504. The van der Waals surface area contributed by atoms with Crippen molar-refractivity contribution >= 4 is 40.3 Å². The zero-order chi connectivity index (χ0) is 15.4. The fraction of sp³-hybridized carbons (Fsp3) is 0.154. The molecule has 1 aromatic heterocycles. The molecule has 0 fully saturated rings. The Labute approximate surface area is 131 Å². The average Bonchev–Trinajstić information content (AvgIpc) is 2.95. The van der Waals surface area contributed by atoms with Gasteiger partial charge in [-0.1, -0.05) is 11.6 Å². The van der Waals surface area contributed by atoms with Crippen LogP contribution < -0.4 is 10.6 Å². The maximum atomic E-state index is 10.8. The van der Waals surface area contributed by atoms with Crippen LogP contribution in [-0.2, 0) is 0 Å². The molecule has 110 valence electrons. The summed E-state index contributed by atoms with van der Waals surface area (Å²) in [6, 6.07) is 7.56. The number of benzene rings is 1. The van der Waals surface area contributed by atoms with E-state index in [4.69, 9.17) is 28.2 Å². The minimum absolute atomic E-state index is 0.0659. The van der Waals surface area contributed by atoms with Crippen LogP contribution in [-0.4, -0.2) is 10.0 Å². The van der Waals surface area contributed by atoms with E-state index in [1.54, 1.807) is 12.3 Å². The van der Waals surface area contributed by atoms with Gasteiger partial charge in [0.05, 0.1) is 27.9 Å². The molecule has 0 unspecified atom stereocenters. The maximum Gasteiger partial charge on any atom is 0.271 e. The van der Waals surface area contributed by atoms with E-state index in [2.05, 4.69) is 10.6 Å². The fourth-order valence-electron chi connectivity index (χ4n) is 1.69. The number of thiocarbonyl (C=S) groups is 1. The molecule has 2 N–H and O–H groups in total. The molecule has 8 heteroatoms. The van der Waals surface area contributed by atoms with Gasteiger partial charge in [0.2, 0.25) is 0 Å². The monoisotopic (exact) mass is 325 g/mol. The third-order valence-corrected chi connectivity index (χ3v) is 3.28. The molecule has 6 nitrogen and oxygen atoms in total. The highest BCUT2D eigenvalue weighted by Gasteiger charge is 2.13. The van der Waals surface area contributed by atoms with E-state index in [0.717, 1.165) is 5.76 Å². The van der Waals surface area contributed by atoms with Crippen LogP contribution in [0.15, 0.2) is 41.0 Å². The first-order chi connectivity index (χ1) is 9.97. The maximum absolute atomic E-state index is 10.8. The Morgan fingerprint density at radius 1 is 1.48 bits per heavy atom. The van der Waals surface area contributed by atoms with Gasteiger partial charge in [-0.3, -0.25) is 10.1 Å². The van der Waals surface area contributed by atoms with Gasteiger partial charge >= 0.3 is 0 Å². The predicted molar refractivity (Wildman–Crippen MR) is 84.6 cm³/mol. The minimum Gasteiger partial charge on any atom is -0.467 e. The Bertz CT molecular complexity index is 661. The van der Waals surface area contributed by atoms with Crippen molar-refractivity contribution in [1.82, 2.24) is 5.32 Å². The van der Waals surface area contributed by atoms with Gasteiger partial charge in [-0.15, -0.1) is 0 Å². The van der Waals surface area contributed by atoms with Crippen LogP contribution in [0.5, 0.6) is 0 Å². The lowest BCUT2D eigenvalue weighted by atomic mass is 10.2. The van der Waals surface area contributed by atoms with Crippen LogP contribution >= 0.6 is 23.8 Å². The first-order valence-electron chi connectivity index (χ1n) is 6.02. The van der Waals surface area contributed by atoms with Crippen LogP contribution in [0.25, 0.3) is 0 Å². The van der Waals surface area contributed by atoms with Gasteiger partial charge in [-0.05, 0) is 37.3 Å². The SMILES string of the molecule is C[C@@H](NC(=S)Nc1cc([N+](=O)[O-])ccc1Cl)c1ccco1. The molecule has 21 heavy (non-hydrogen) atoms. The third-order valence-electron chi connectivity index (χ3n) is 2.73. The molecule has 0 saturated carbocycles. The summed E-state index contributed by atoms with van der Waals surface area (Å²) in [7, 11) is 0. The number of hydrogen-bond donors (Lipinski definition) is 2. The van der Waals surface area contributed by atoms with Gasteiger partial charge in [0.1, 0.15) is 5.76 Å². The molecule has 0 aliphatic heterocycles. The minimum atomic E-state index is -0.497. The number of halogens is 1. The van der Waals surface area contributed by atoms with E-state index in [-0.39, 0.29) is 11.7 Å². The molecule has 2 aromatic rings. The highest BCUT2D eigenvalue weighted by molar-refractivity contribution is 7.80. The fourth-order valence-corrected chi connectivity index (χ4v) is 2.14. The predicted octanol–water partition coefficient (Wildman–Crippen LogP) is 3.89. The first-order valence-corrected chi connectivity index (χ1v) is 6.81. The summed E-state index contributed by atoms with van der Waals surface area (Å²) in [6.45, 7) is 1.88. The van der Waals surface area contributed by atoms with Crippen LogP contribution in [0.1, 0.15) is 18.7 Å². The molecule has 0 amide bonds. The van der Waals surface area contributed by atoms with Crippen LogP contribution in [0, 0.1) is 10.1 Å². The van der Waals surface area contributed by atoms with Gasteiger partial charge in [0.15, 0.2) is 5.11 Å². The molecule has 0 spiro atoms. The summed E-state index contributed by atoms with van der Waals surface area (Å²) in [6.07, 6.45) is 1.57. The lowest BCUT2D eigenvalue weighted by Gasteiger charge is -2.15. The standard InChI is InChI=1S/C13H12ClN3O3S/c1-8(12-3-2-6-20-12)15-13(21)16-11-7-9(17(18)19)4-5-10(11)14/h2-8H,1H3,(H2,15,16,21)/t8-/m1/s1. The van der Waals surface area contributed by atoms with E-state index in [1.165, 1.54) is 18.2 Å². The van der Waals surface area contributed by atoms with Crippen LogP contribution in [0.4, 0.5) is 11.4 Å². The second-order valence-electron chi connectivity index (χ2n) is 4.26. The molecule has 1 atom stereocenters. The Kier molecular flexibility index (Phi) is 4.77. The van der Waals surface area contributed by atoms with E-state index in [0.29, 0.717) is 15.8 Å². The van der Waals surface area contributed by atoms with Crippen molar-refractivity contribution in [3.63, 3.8) is 0 Å². The number of nitrogens with one attached hydrogen (secondary N) is 2. The zero-order valence-corrected chi connectivity index (χ0v) is 12.6. The Hall–Kier alpha value is -2.12. The summed E-state index contributed by atoms with van der Waals surface area (Å²) in [5.41, 5.74) is 0.304. The lowest BCUT2D eigenvalue weighted by Crippen LogP contribution is -2.30. The average molecular weight is 326 g/mol. The highest BCUT2D eigenvalue weighted by Crippen LogP contribution is 2.26. The van der Waals surface area contributed by atoms with E-state index in [9.17, 15) is 10.1 Å². The molecule has 0 aliphatic rings. The summed E-state index contributed by atoms with van der Waals surface area (Å²) >= 11 is 11.2. The second-order valence-corrected chi connectivity index (χ2v) is 5.07. The number of nitrogens with zero attached hydrogens (tertiary/aromatic N) is 1. The highest BCUT2D eigenvalue weighted by atomic mass is 35.5. The molecule has 2 rings (SSSR count). The Morgan fingerprint density at radius 2 is 2.24 bits per heavy atom. The van der Waals surface area contributed by atoms with E-state index < -0.39 is 4.92 Å². The number of anilines is 1. The normalized spacial score (nSPS) is 11.7. The second kappa shape index (κ2) is 6.55. The van der Waals surface area contributed by atoms with Crippen LogP contribution in [0.3, 0.4) is 0 Å². The number of nitro groups is 1. The molecule has 0 bridgehead atoms. The number of rotatable bonds is 4. The zero-order valence-electron chi connectivity index (χ0n) is 11.0. The molecular weight excluding hydrogens is 314 g/mol. The van der Waals surface area contributed by atoms with Gasteiger partial charge in [-0.25, -0.2) is 0 Å². The number of non-ortho nitro benzene ring substituents is 1. The van der Waals surface area contributed by atoms with E-state index >= 15 is 0 Å². The molecular formula is C13H12ClN3O3S. The van der Waals surface area contributed by atoms with Crippen molar-refractivity contribution in [2.24, 2.45) is 0 Å². The van der Waals surface area contributed by atoms with Crippen molar-refractivity contribution in [3.05, 3.63) is 57.5 Å². The Balaban J connectivity index is 2.05. The lowest BCUT2D eigenvalue weighted by molar-refractivity contribution is -0.384. The van der Waals surface area contributed by atoms with Crippen molar-refractivity contribution in [1.29, 1.82) is 0 Å². The topological polar surface area (TPSA) is 80.3 Å². The molecule has 0 aliphatic carbocycles. The first kappa shape index (κ1) is 15.3. The summed E-state index contributed by atoms with van der Waals surface area (Å²) < 4.78 is 5.26. The smallest absolute Gasteiger partial charge is 0.271 e. The van der Waals surface area contributed by atoms with Crippen molar-refractivity contribution in [2.45, 2.75) is 13.0 Å². The summed E-state index contributed by atoms with van der Waals surface area (Å²) in [5, 5.41) is 17.2. The third kappa shape index (κ3) is 3.93. The number of hydrogen-bond acceptors (Lipinski definition) is 4. The largest absolute Gasteiger partial charge is 0.467 e. The number of nitro benzene ring substituents is 1. The molecule has 1 heterocycles. The van der Waals surface area contributed by atoms with Crippen molar-refractivity contribution < 1.29 is 9.34 Å². The molecule has 0 radical (unpaired) electrons. The van der Waals surface area contributed by atoms with Crippen molar-refractivity contribution in [2.75, 3.05) is 5.32 Å². The number of furan rings is 1. The van der Waals surface area contributed by atoms with Gasteiger partial charge in [0.25, 0.3) is 5.69 Å². The van der Waals surface area contributed by atoms with Crippen molar-refractivity contribution in [3.8, 4) is 0 Å². The van der Waals surface area contributed by atoms with Gasteiger partial charge in [-0.2, -0.15) is 0 Å².